The summed E-state index contributed by atoms with van der Waals surface area (Å²) in [6.45, 7) is 0. The molecule has 1 aliphatic rings. The second-order valence-electron chi connectivity index (χ2n) is 4.91. The average Bonchev–Trinajstić information content (AvgIpc) is 2.29. The van der Waals surface area contributed by atoms with Crippen molar-refractivity contribution in [1.29, 1.82) is 0 Å². The van der Waals surface area contributed by atoms with Crippen molar-refractivity contribution in [3.63, 3.8) is 0 Å². The van der Waals surface area contributed by atoms with Gasteiger partial charge in [-0.3, -0.25) is 4.79 Å². The van der Waals surface area contributed by atoms with Crippen molar-refractivity contribution in [2.45, 2.75) is 44.9 Å². The van der Waals surface area contributed by atoms with Crippen LogP contribution < -0.4 is 0 Å². The molecule has 0 heterocycles. The Bertz CT molecular complexity index is 361. The molecule has 0 aliphatic heterocycles. The van der Waals surface area contributed by atoms with E-state index in [1.165, 1.54) is 35.7 Å². The minimum Gasteiger partial charge on any atom is -0.294 e. The van der Waals surface area contributed by atoms with Crippen molar-refractivity contribution in [2.24, 2.45) is 5.92 Å². The van der Waals surface area contributed by atoms with Gasteiger partial charge in [0.05, 0.1) is 0 Å². The van der Waals surface area contributed by atoms with Gasteiger partial charge in [-0.25, -0.2) is 0 Å². The highest BCUT2D eigenvalue weighted by Crippen LogP contribution is 2.25. The molecule has 1 fully saturated rings. The maximum Gasteiger partial charge on any atom is 0.165 e. The smallest absolute Gasteiger partial charge is 0.165 e. The number of carbonyl (C=O) groups is 1. The third kappa shape index (κ3) is 3.80. The predicted molar refractivity (Wildman–Crippen MR) is 79.3 cm³/mol. The summed E-state index contributed by atoms with van der Waals surface area (Å²) < 4.78 is 1.19. The van der Waals surface area contributed by atoms with Gasteiger partial charge in [0.1, 0.15) is 0 Å². The van der Waals surface area contributed by atoms with Crippen LogP contribution in [0, 0.1) is 9.49 Å². The molecular formula is C15H19IO. The Hall–Kier alpha value is -0.380. The number of benzene rings is 1. The number of hydrogen-bond acceptors (Lipinski definition) is 1. The lowest BCUT2D eigenvalue weighted by Gasteiger charge is -2.18. The van der Waals surface area contributed by atoms with E-state index < -0.39 is 0 Å². The van der Waals surface area contributed by atoms with E-state index in [2.05, 4.69) is 22.6 Å². The van der Waals surface area contributed by atoms with E-state index in [0.717, 1.165) is 18.4 Å². The molecule has 1 aromatic carbocycles. The van der Waals surface area contributed by atoms with E-state index in [1.54, 1.807) is 0 Å². The fourth-order valence-corrected chi connectivity index (χ4v) is 2.93. The first kappa shape index (κ1) is 13.1. The zero-order valence-corrected chi connectivity index (χ0v) is 12.3. The summed E-state index contributed by atoms with van der Waals surface area (Å²) >= 11 is 2.27. The molecule has 0 unspecified atom stereocenters. The van der Waals surface area contributed by atoms with E-state index in [0.29, 0.717) is 5.78 Å². The first-order chi connectivity index (χ1) is 8.27. The van der Waals surface area contributed by atoms with Crippen molar-refractivity contribution in [2.75, 3.05) is 0 Å². The molecule has 0 saturated heterocycles. The molecule has 92 valence electrons. The first-order valence-electron chi connectivity index (χ1n) is 6.57. The average molecular weight is 342 g/mol. The lowest BCUT2D eigenvalue weighted by atomic mass is 9.86. The highest BCUT2D eigenvalue weighted by atomic mass is 127. The number of halogens is 1. The Morgan fingerprint density at radius 3 is 2.06 bits per heavy atom. The van der Waals surface area contributed by atoms with Crippen molar-refractivity contribution in [3.8, 4) is 0 Å². The predicted octanol–water partition coefficient (Wildman–Crippen LogP) is 4.83. The van der Waals surface area contributed by atoms with Gasteiger partial charge in [-0.05, 0) is 47.6 Å². The van der Waals surface area contributed by atoms with Crippen LogP contribution in [0.2, 0.25) is 0 Å². The van der Waals surface area contributed by atoms with Gasteiger partial charge < -0.3 is 0 Å². The number of Topliss-reactive ketones (excluding diaryl/α,β-unsaturated/α-hetero) is 1. The highest BCUT2D eigenvalue weighted by Gasteiger charge is 2.20. The summed E-state index contributed by atoms with van der Waals surface area (Å²) in [5, 5.41) is 0. The molecule has 0 amide bonds. The molecule has 1 aliphatic carbocycles. The van der Waals surface area contributed by atoms with Gasteiger partial charge in [0, 0.05) is 15.1 Å². The molecule has 2 rings (SSSR count). The molecule has 0 radical (unpaired) electrons. The molecular weight excluding hydrogens is 323 g/mol. The van der Waals surface area contributed by atoms with Crippen LogP contribution in [0.4, 0.5) is 0 Å². The number of carbonyl (C=O) groups excluding carboxylic acids is 1. The molecule has 2 heteroatoms. The number of ketones is 1. The lowest BCUT2D eigenvalue weighted by Crippen LogP contribution is -2.16. The van der Waals surface area contributed by atoms with Crippen LogP contribution >= 0.6 is 22.6 Å². The lowest BCUT2D eigenvalue weighted by molar-refractivity contribution is 0.0898. The van der Waals surface area contributed by atoms with E-state index in [1.807, 2.05) is 24.3 Å². The summed E-state index contributed by atoms with van der Waals surface area (Å²) in [5.41, 5.74) is 0.899. The minimum absolute atomic E-state index is 0.273. The van der Waals surface area contributed by atoms with Crippen LogP contribution in [0.15, 0.2) is 24.3 Å². The standard InChI is InChI=1S/C15H19IO/c16-14-10-8-13(9-11-14)15(17)12-6-4-2-1-3-5-7-12/h8-12H,1-7H2. The fraction of sp³-hybridized carbons (Fsp3) is 0.533. The molecule has 1 nitrogen and oxygen atoms in total. The van der Waals surface area contributed by atoms with Crippen molar-refractivity contribution < 1.29 is 4.79 Å². The zero-order valence-electron chi connectivity index (χ0n) is 10.1. The van der Waals surface area contributed by atoms with Gasteiger partial charge in [0.2, 0.25) is 0 Å². The molecule has 0 aromatic heterocycles. The maximum absolute atomic E-state index is 12.4. The molecule has 17 heavy (non-hydrogen) atoms. The summed E-state index contributed by atoms with van der Waals surface area (Å²) in [7, 11) is 0. The van der Waals surface area contributed by atoms with Crippen LogP contribution in [-0.2, 0) is 0 Å². The molecule has 1 aromatic rings. The summed E-state index contributed by atoms with van der Waals surface area (Å²) in [4.78, 5) is 12.4. The van der Waals surface area contributed by atoms with Crippen molar-refractivity contribution >= 4 is 28.4 Å². The van der Waals surface area contributed by atoms with E-state index in [-0.39, 0.29) is 5.92 Å². The van der Waals surface area contributed by atoms with Crippen LogP contribution in [0.1, 0.15) is 55.3 Å². The fourth-order valence-electron chi connectivity index (χ4n) is 2.57. The van der Waals surface area contributed by atoms with Gasteiger partial charge in [0.25, 0.3) is 0 Å². The largest absolute Gasteiger partial charge is 0.294 e. The second-order valence-corrected chi connectivity index (χ2v) is 6.16. The quantitative estimate of drug-likeness (QED) is 0.556. The van der Waals surface area contributed by atoms with E-state index in [4.69, 9.17) is 0 Å². The van der Waals surface area contributed by atoms with Gasteiger partial charge in [-0.1, -0.05) is 44.2 Å². The van der Waals surface area contributed by atoms with Crippen LogP contribution in [0.25, 0.3) is 0 Å². The summed E-state index contributed by atoms with van der Waals surface area (Å²) in [6.07, 6.45) is 8.58. The van der Waals surface area contributed by atoms with Gasteiger partial charge in [-0.2, -0.15) is 0 Å². The Morgan fingerprint density at radius 1 is 0.941 bits per heavy atom. The zero-order chi connectivity index (χ0) is 12.1. The molecule has 0 bridgehead atoms. The molecule has 0 N–H and O–H groups in total. The van der Waals surface area contributed by atoms with Gasteiger partial charge in [-0.15, -0.1) is 0 Å². The van der Waals surface area contributed by atoms with Crippen LogP contribution in [-0.4, -0.2) is 5.78 Å². The minimum atomic E-state index is 0.273. The normalized spacial score (nSPS) is 18.4. The van der Waals surface area contributed by atoms with Crippen molar-refractivity contribution in [3.05, 3.63) is 33.4 Å². The second kappa shape index (κ2) is 6.53. The monoisotopic (exact) mass is 342 g/mol. The summed E-state index contributed by atoms with van der Waals surface area (Å²) in [5.74, 6) is 0.638. The van der Waals surface area contributed by atoms with Crippen LogP contribution in [0.5, 0.6) is 0 Å². The Morgan fingerprint density at radius 2 is 1.47 bits per heavy atom. The van der Waals surface area contributed by atoms with Crippen LogP contribution in [0.3, 0.4) is 0 Å². The maximum atomic E-state index is 12.4. The van der Waals surface area contributed by atoms with Crippen molar-refractivity contribution in [1.82, 2.24) is 0 Å². The Balaban J connectivity index is 2.04. The van der Waals surface area contributed by atoms with E-state index >= 15 is 0 Å². The number of hydrogen-bond donors (Lipinski definition) is 0. The van der Waals surface area contributed by atoms with Gasteiger partial charge >= 0.3 is 0 Å². The Labute approximate surface area is 117 Å². The topological polar surface area (TPSA) is 17.1 Å². The third-order valence-electron chi connectivity index (χ3n) is 3.60. The molecule has 0 spiro atoms. The Kier molecular flexibility index (Phi) is 5.01. The van der Waals surface area contributed by atoms with E-state index in [9.17, 15) is 4.79 Å². The SMILES string of the molecule is O=C(c1ccc(I)cc1)C1CCCCCCC1. The first-order valence-corrected chi connectivity index (χ1v) is 7.65. The molecule has 1 saturated carbocycles. The van der Waals surface area contributed by atoms with Gasteiger partial charge in [0.15, 0.2) is 5.78 Å². The number of rotatable bonds is 2. The highest BCUT2D eigenvalue weighted by molar-refractivity contribution is 14.1. The molecule has 0 atom stereocenters. The third-order valence-corrected chi connectivity index (χ3v) is 4.32. The summed E-state index contributed by atoms with van der Waals surface area (Å²) in [6, 6.07) is 8.00.